The van der Waals surface area contributed by atoms with Crippen LogP contribution in [0.2, 0.25) is 0 Å². The van der Waals surface area contributed by atoms with E-state index >= 15 is 0 Å². The predicted octanol–water partition coefficient (Wildman–Crippen LogP) is 11.7. The fraction of sp³-hybridized carbons (Fsp3) is 0. The molecule has 2 heterocycles. The first kappa shape index (κ1) is 27.3. The third-order valence-electron chi connectivity index (χ3n) is 8.71. The molecule has 4 heteroatoms. The third-order valence-corrected chi connectivity index (χ3v) is 9.83. The van der Waals surface area contributed by atoms with E-state index < -0.39 is 0 Å². The molecule has 0 bridgehead atoms. The highest BCUT2D eigenvalue weighted by atomic mass is 32.1. The van der Waals surface area contributed by atoms with Gasteiger partial charge in [-0.3, -0.25) is 0 Å². The number of rotatable bonds is 5. The van der Waals surface area contributed by atoms with Gasteiger partial charge in [-0.1, -0.05) is 140 Å². The van der Waals surface area contributed by atoms with Gasteiger partial charge in [0.25, 0.3) is 0 Å². The predicted molar refractivity (Wildman–Crippen MR) is 197 cm³/mol. The summed E-state index contributed by atoms with van der Waals surface area (Å²) in [5.41, 5.74) is 7.62. The fourth-order valence-electron chi connectivity index (χ4n) is 6.48. The van der Waals surface area contributed by atoms with Crippen LogP contribution in [-0.2, 0) is 0 Å². The normalized spacial score (nSPS) is 11.4. The zero-order valence-corrected chi connectivity index (χ0v) is 26.2. The van der Waals surface area contributed by atoms with E-state index in [1.807, 2.05) is 72.0 Å². The van der Waals surface area contributed by atoms with Gasteiger partial charge >= 0.3 is 0 Å². The Bertz CT molecular complexity index is 2510. The van der Waals surface area contributed by atoms with Crippen LogP contribution in [0.15, 0.2) is 164 Å². The monoisotopic (exact) mass is 617 g/mol. The van der Waals surface area contributed by atoms with Gasteiger partial charge in [-0.25, -0.2) is 15.0 Å². The molecule has 2 aromatic heterocycles. The highest BCUT2D eigenvalue weighted by Gasteiger charge is 2.18. The molecule has 0 radical (unpaired) electrons. The number of benzene rings is 7. The van der Waals surface area contributed by atoms with Crippen molar-refractivity contribution in [1.82, 2.24) is 15.0 Å². The molecule has 0 amide bonds. The molecule has 0 fully saturated rings. The van der Waals surface area contributed by atoms with Gasteiger partial charge in [0, 0.05) is 36.9 Å². The zero-order valence-electron chi connectivity index (χ0n) is 25.3. The second-order valence-corrected chi connectivity index (χ2v) is 12.7. The van der Waals surface area contributed by atoms with Gasteiger partial charge in [0.1, 0.15) is 0 Å². The molecular weight excluding hydrogens is 591 g/mol. The van der Waals surface area contributed by atoms with E-state index in [0.717, 1.165) is 22.3 Å². The van der Waals surface area contributed by atoms with Crippen molar-refractivity contribution in [2.24, 2.45) is 0 Å². The maximum Gasteiger partial charge on any atom is 0.164 e. The van der Waals surface area contributed by atoms with Gasteiger partial charge in [-0.05, 0) is 57.3 Å². The van der Waals surface area contributed by atoms with Crippen LogP contribution in [0.5, 0.6) is 0 Å². The Labute approximate surface area is 276 Å². The molecule has 0 saturated heterocycles. The van der Waals surface area contributed by atoms with Gasteiger partial charge in [-0.15, -0.1) is 11.3 Å². The molecule has 0 spiro atoms. The number of aromatic nitrogens is 3. The Morgan fingerprint density at radius 2 is 0.872 bits per heavy atom. The van der Waals surface area contributed by atoms with Crippen LogP contribution in [0.25, 0.3) is 87.4 Å². The summed E-state index contributed by atoms with van der Waals surface area (Å²) in [7, 11) is 0. The molecule has 3 nitrogen and oxygen atoms in total. The van der Waals surface area contributed by atoms with Crippen molar-refractivity contribution in [3.63, 3.8) is 0 Å². The molecule has 0 aliphatic rings. The van der Waals surface area contributed by atoms with Crippen LogP contribution in [-0.4, -0.2) is 15.0 Å². The molecule has 0 saturated carbocycles. The number of nitrogens with zero attached hydrogens (tertiary/aromatic N) is 3. The number of fused-ring (bicyclic) bond motifs is 4. The lowest BCUT2D eigenvalue weighted by Gasteiger charge is -2.13. The zero-order chi connectivity index (χ0) is 31.2. The number of thiophene rings is 1. The number of hydrogen-bond acceptors (Lipinski definition) is 4. The molecule has 9 rings (SSSR count). The van der Waals surface area contributed by atoms with Crippen LogP contribution in [0.4, 0.5) is 0 Å². The van der Waals surface area contributed by atoms with Crippen LogP contribution < -0.4 is 0 Å². The lowest BCUT2D eigenvalue weighted by Crippen LogP contribution is -2.00. The van der Waals surface area contributed by atoms with Crippen molar-refractivity contribution in [3.05, 3.63) is 164 Å². The summed E-state index contributed by atoms with van der Waals surface area (Å²) in [6.45, 7) is 0. The summed E-state index contributed by atoms with van der Waals surface area (Å²) in [5, 5.41) is 5.00. The lowest BCUT2D eigenvalue weighted by molar-refractivity contribution is 1.07. The van der Waals surface area contributed by atoms with Gasteiger partial charge < -0.3 is 0 Å². The Morgan fingerprint density at radius 3 is 1.60 bits per heavy atom. The second kappa shape index (κ2) is 11.4. The Kier molecular flexibility index (Phi) is 6.65. The summed E-state index contributed by atoms with van der Waals surface area (Å²) >= 11 is 1.81. The van der Waals surface area contributed by atoms with Crippen molar-refractivity contribution >= 4 is 42.3 Å². The summed E-state index contributed by atoms with van der Waals surface area (Å²) in [4.78, 5) is 15.1. The summed E-state index contributed by atoms with van der Waals surface area (Å²) in [6, 6.07) is 57.5. The molecule has 0 aliphatic heterocycles. The van der Waals surface area contributed by atoms with Gasteiger partial charge in [0.15, 0.2) is 17.5 Å². The van der Waals surface area contributed by atoms with E-state index in [2.05, 4.69) is 103 Å². The molecule has 47 heavy (non-hydrogen) atoms. The SMILES string of the molecule is c1ccc(-c2nc(-c3ccccc3)nc(-c3cc(-c4cccc(-c5cccc6ccccc56)c4)c4c(c3)sc3ccccc34)n2)cc1. The molecule has 0 unspecified atom stereocenters. The minimum atomic E-state index is 0.656. The van der Waals surface area contributed by atoms with Gasteiger partial charge in [0.2, 0.25) is 0 Å². The van der Waals surface area contributed by atoms with Crippen molar-refractivity contribution in [2.75, 3.05) is 0 Å². The summed E-state index contributed by atoms with van der Waals surface area (Å²) < 4.78 is 2.47. The lowest BCUT2D eigenvalue weighted by atomic mass is 9.92. The fourth-order valence-corrected chi connectivity index (χ4v) is 7.65. The quantitative estimate of drug-likeness (QED) is 0.193. The van der Waals surface area contributed by atoms with Crippen LogP contribution in [0, 0.1) is 0 Å². The largest absolute Gasteiger partial charge is 0.208 e. The molecule has 0 atom stereocenters. The summed E-state index contributed by atoms with van der Waals surface area (Å²) in [5.74, 6) is 1.97. The van der Waals surface area contributed by atoms with E-state index in [0.29, 0.717) is 17.5 Å². The molecule has 220 valence electrons. The van der Waals surface area contributed by atoms with Crippen LogP contribution in [0.1, 0.15) is 0 Å². The van der Waals surface area contributed by atoms with Gasteiger partial charge in [-0.2, -0.15) is 0 Å². The Balaban J connectivity index is 1.29. The van der Waals surface area contributed by atoms with Crippen molar-refractivity contribution in [1.29, 1.82) is 0 Å². The first-order valence-corrected chi connectivity index (χ1v) is 16.5. The van der Waals surface area contributed by atoms with Crippen molar-refractivity contribution < 1.29 is 0 Å². The van der Waals surface area contributed by atoms with E-state index in [9.17, 15) is 0 Å². The van der Waals surface area contributed by atoms with E-state index in [1.54, 1.807) is 0 Å². The second-order valence-electron chi connectivity index (χ2n) is 11.6. The summed E-state index contributed by atoms with van der Waals surface area (Å²) in [6.07, 6.45) is 0. The molecule has 9 aromatic rings. The first-order chi connectivity index (χ1) is 23.3. The van der Waals surface area contributed by atoms with E-state index in [1.165, 1.54) is 47.6 Å². The average Bonchev–Trinajstić information content (AvgIpc) is 3.53. The Hall–Kier alpha value is -5.97. The number of hydrogen-bond donors (Lipinski definition) is 0. The molecular formula is C43H27N3S. The van der Waals surface area contributed by atoms with Crippen molar-refractivity contribution in [2.45, 2.75) is 0 Å². The minimum absolute atomic E-state index is 0.656. The smallest absolute Gasteiger partial charge is 0.164 e. The van der Waals surface area contributed by atoms with E-state index in [-0.39, 0.29) is 0 Å². The first-order valence-electron chi connectivity index (χ1n) is 15.7. The van der Waals surface area contributed by atoms with E-state index in [4.69, 9.17) is 15.0 Å². The van der Waals surface area contributed by atoms with Crippen molar-refractivity contribution in [3.8, 4) is 56.4 Å². The minimum Gasteiger partial charge on any atom is -0.208 e. The highest BCUT2D eigenvalue weighted by molar-refractivity contribution is 7.26. The molecule has 0 N–H and O–H groups in total. The molecule has 0 aliphatic carbocycles. The maximum absolute atomic E-state index is 5.08. The van der Waals surface area contributed by atoms with Crippen LogP contribution >= 0.6 is 11.3 Å². The highest BCUT2D eigenvalue weighted by Crippen LogP contribution is 2.43. The average molecular weight is 618 g/mol. The third kappa shape index (κ3) is 4.96. The van der Waals surface area contributed by atoms with Gasteiger partial charge in [0.05, 0.1) is 0 Å². The topological polar surface area (TPSA) is 38.7 Å². The maximum atomic E-state index is 5.08. The van der Waals surface area contributed by atoms with Crippen LogP contribution in [0.3, 0.4) is 0 Å². The Morgan fingerprint density at radius 1 is 0.340 bits per heavy atom. The molecule has 7 aromatic carbocycles. The standard InChI is InChI=1S/C43H27N3S/c1-3-14-29(15-4-1)41-44-42(30-16-5-2-6-17-30)46-43(45-41)33-26-37(40-36-22-9-10-24-38(36)47-39(40)27-33)32-20-11-19-31(25-32)35-23-12-18-28-13-7-8-21-34(28)35/h1-27H.